The SMILES string of the molecule is Cn1cc(Cl)c2cccc(CCC=O)c21. The molecule has 0 N–H and O–H groups in total. The van der Waals surface area contributed by atoms with Crippen LogP contribution >= 0.6 is 11.6 Å². The Morgan fingerprint density at radius 2 is 2.27 bits per heavy atom. The molecule has 0 aliphatic rings. The molecule has 0 aliphatic carbocycles. The summed E-state index contributed by atoms with van der Waals surface area (Å²) >= 11 is 6.09. The fraction of sp³-hybridized carbons (Fsp3) is 0.250. The lowest BCUT2D eigenvalue weighted by Gasteiger charge is -2.03. The molecule has 2 rings (SSSR count). The number of nitrogens with zero attached hydrogens (tertiary/aromatic N) is 1. The molecular weight excluding hydrogens is 210 g/mol. The number of carbonyl (C=O) groups excluding carboxylic acids is 1. The smallest absolute Gasteiger partial charge is 0.120 e. The number of hydrogen-bond donors (Lipinski definition) is 0. The highest BCUT2D eigenvalue weighted by Gasteiger charge is 2.08. The van der Waals surface area contributed by atoms with Gasteiger partial charge in [-0.2, -0.15) is 0 Å². The first kappa shape index (κ1) is 10.2. The van der Waals surface area contributed by atoms with E-state index in [4.69, 9.17) is 11.6 Å². The number of rotatable bonds is 3. The van der Waals surface area contributed by atoms with E-state index in [-0.39, 0.29) is 0 Å². The van der Waals surface area contributed by atoms with Gasteiger partial charge in [0.15, 0.2) is 0 Å². The van der Waals surface area contributed by atoms with Gasteiger partial charge in [0, 0.05) is 25.1 Å². The second kappa shape index (κ2) is 4.07. The molecule has 0 bridgehead atoms. The quantitative estimate of drug-likeness (QED) is 0.731. The van der Waals surface area contributed by atoms with Crippen LogP contribution in [-0.2, 0) is 18.3 Å². The van der Waals surface area contributed by atoms with Crippen molar-refractivity contribution in [1.82, 2.24) is 4.57 Å². The highest BCUT2D eigenvalue weighted by Crippen LogP contribution is 2.27. The average molecular weight is 222 g/mol. The average Bonchev–Trinajstić information content (AvgIpc) is 2.53. The summed E-state index contributed by atoms with van der Waals surface area (Å²) in [7, 11) is 1.97. The second-order valence-electron chi connectivity index (χ2n) is 3.61. The van der Waals surface area contributed by atoms with Gasteiger partial charge >= 0.3 is 0 Å². The summed E-state index contributed by atoms with van der Waals surface area (Å²) in [5, 5.41) is 1.82. The Hall–Kier alpha value is -1.28. The van der Waals surface area contributed by atoms with E-state index in [0.717, 1.165) is 28.6 Å². The van der Waals surface area contributed by atoms with E-state index in [9.17, 15) is 4.79 Å². The highest BCUT2D eigenvalue weighted by molar-refractivity contribution is 6.35. The van der Waals surface area contributed by atoms with E-state index >= 15 is 0 Å². The molecule has 0 unspecified atom stereocenters. The number of halogens is 1. The summed E-state index contributed by atoms with van der Waals surface area (Å²) in [6, 6.07) is 6.03. The molecule has 1 aromatic carbocycles. The lowest BCUT2D eigenvalue weighted by molar-refractivity contribution is -0.107. The van der Waals surface area contributed by atoms with Crippen molar-refractivity contribution in [3.8, 4) is 0 Å². The number of aldehydes is 1. The Morgan fingerprint density at radius 1 is 1.47 bits per heavy atom. The number of benzene rings is 1. The summed E-state index contributed by atoms with van der Waals surface area (Å²) in [6.45, 7) is 0. The topological polar surface area (TPSA) is 22.0 Å². The Kier molecular flexibility index (Phi) is 2.78. The third kappa shape index (κ3) is 1.77. The molecule has 0 fully saturated rings. The maximum Gasteiger partial charge on any atom is 0.120 e. The van der Waals surface area contributed by atoms with Crippen molar-refractivity contribution in [3.63, 3.8) is 0 Å². The van der Waals surface area contributed by atoms with Crippen molar-refractivity contribution in [3.05, 3.63) is 35.0 Å². The lowest BCUT2D eigenvalue weighted by Crippen LogP contribution is -1.92. The van der Waals surface area contributed by atoms with Crippen molar-refractivity contribution < 1.29 is 4.79 Å². The summed E-state index contributed by atoms with van der Waals surface area (Å²) in [6.07, 6.45) is 4.18. The Labute approximate surface area is 93.5 Å². The number of aryl methyl sites for hydroxylation is 2. The van der Waals surface area contributed by atoms with Crippen molar-refractivity contribution in [2.24, 2.45) is 7.05 Å². The van der Waals surface area contributed by atoms with Crippen molar-refractivity contribution in [1.29, 1.82) is 0 Å². The Balaban J connectivity index is 2.58. The third-order valence-electron chi connectivity index (χ3n) is 2.57. The van der Waals surface area contributed by atoms with Gasteiger partial charge in [-0.25, -0.2) is 0 Å². The number of carbonyl (C=O) groups is 1. The van der Waals surface area contributed by atoms with Crippen LogP contribution in [0.1, 0.15) is 12.0 Å². The first-order chi connectivity index (χ1) is 7.24. The molecule has 2 aromatic rings. The van der Waals surface area contributed by atoms with Gasteiger partial charge in [-0.1, -0.05) is 29.8 Å². The molecule has 0 aliphatic heterocycles. The highest BCUT2D eigenvalue weighted by atomic mass is 35.5. The van der Waals surface area contributed by atoms with Gasteiger partial charge in [0.25, 0.3) is 0 Å². The Bertz CT molecular complexity index is 502. The maximum absolute atomic E-state index is 10.4. The molecule has 0 spiro atoms. The second-order valence-corrected chi connectivity index (χ2v) is 4.01. The molecule has 1 heterocycles. The molecular formula is C12H12ClNO. The van der Waals surface area contributed by atoms with E-state index in [1.807, 2.05) is 36.0 Å². The fourth-order valence-corrected chi connectivity index (χ4v) is 2.22. The van der Waals surface area contributed by atoms with E-state index in [0.29, 0.717) is 6.42 Å². The van der Waals surface area contributed by atoms with Crippen LogP contribution in [0.4, 0.5) is 0 Å². The lowest BCUT2D eigenvalue weighted by atomic mass is 10.1. The minimum Gasteiger partial charge on any atom is -0.349 e. The summed E-state index contributed by atoms with van der Waals surface area (Å²) < 4.78 is 2.01. The van der Waals surface area contributed by atoms with Crippen LogP contribution in [0.3, 0.4) is 0 Å². The van der Waals surface area contributed by atoms with E-state index in [1.165, 1.54) is 5.56 Å². The molecule has 15 heavy (non-hydrogen) atoms. The van der Waals surface area contributed by atoms with Crippen molar-refractivity contribution in [2.75, 3.05) is 0 Å². The number of fused-ring (bicyclic) bond motifs is 1. The van der Waals surface area contributed by atoms with Gasteiger partial charge in [0.2, 0.25) is 0 Å². The molecule has 0 atom stereocenters. The molecule has 3 heteroatoms. The minimum absolute atomic E-state index is 0.557. The van der Waals surface area contributed by atoms with Crippen LogP contribution in [0.2, 0.25) is 5.02 Å². The molecule has 2 nitrogen and oxygen atoms in total. The maximum atomic E-state index is 10.4. The zero-order valence-electron chi connectivity index (χ0n) is 8.53. The van der Waals surface area contributed by atoms with E-state index < -0.39 is 0 Å². The Morgan fingerprint density at radius 3 is 3.00 bits per heavy atom. The van der Waals surface area contributed by atoms with Gasteiger partial charge in [0.1, 0.15) is 6.29 Å². The van der Waals surface area contributed by atoms with Crippen LogP contribution in [0.5, 0.6) is 0 Å². The van der Waals surface area contributed by atoms with Crippen LogP contribution in [0, 0.1) is 0 Å². The zero-order chi connectivity index (χ0) is 10.8. The third-order valence-corrected chi connectivity index (χ3v) is 2.87. The van der Waals surface area contributed by atoms with Crippen LogP contribution < -0.4 is 0 Å². The largest absolute Gasteiger partial charge is 0.349 e. The van der Waals surface area contributed by atoms with E-state index in [1.54, 1.807) is 0 Å². The summed E-state index contributed by atoms with van der Waals surface area (Å²) in [5.41, 5.74) is 2.30. The fourth-order valence-electron chi connectivity index (χ4n) is 1.92. The van der Waals surface area contributed by atoms with Crippen molar-refractivity contribution >= 4 is 28.8 Å². The van der Waals surface area contributed by atoms with Crippen LogP contribution in [0.25, 0.3) is 10.9 Å². The van der Waals surface area contributed by atoms with Gasteiger partial charge in [-0.05, 0) is 12.0 Å². The molecule has 0 saturated heterocycles. The number of hydrogen-bond acceptors (Lipinski definition) is 1. The predicted octanol–water partition coefficient (Wildman–Crippen LogP) is 2.96. The molecule has 0 radical (unpaired) electrons. The molecule has 78 valence electrons. The molecule has 0 amide bonds. The van der Waals surface area contributed by atoms with Crippen LogP contribution in [-0.4, -0.2) is 10.9 Å². The van der Waals surface area contributed by atoms with Gasteiger partial charge in [-0.3, -0.25) is 0 Å². The molecule has 0 saturated carbocycles. The van der Waals surface area contributed by atoms with Crippen molar-refractivity contribution in [2.45, 2.75) is 12.8 Å². The van der Waals surface area contributed by atoms with Gasteiger partial charge in [-0.15, -0.1) is 0 Å². The first-order valence-electron chi connectivity index (χ1n) is 4.90. The monoisotopic (exact) mass is 221 g/mol. The standard InChI is InChI=1S/C12H12ClNO/c1-14-8-11(13)10-6-2-4-9(12(10)14)5-3-7-15/h2,4,6-8H,3,5H2,1H3. The van der Waals surface area contributed by atoms with Gasteiger partial charge in [0.05, 0.1) is 10.5 Å². The summed E-state index contributed by atoms with van der Waals surface area (Å²) in [5.74, 6) is 0. The minimum atomic E-state index is 0.557. The summed E-state index contributed by atoms with van der Waals surface area (Å²) in [4.78, 5) is 10.4. The van der Waals surface area contributed by atoms with Crippen LogP contribution in [0.15, 0.2) is 24.4 Å². The first-order valence-corrected chi connectivity index (χ1v) is 5.28. The van der Waals surface area contributed by atoms with Gasteiger partial charge < -0.3 is 9.36 Å². The number of aromatic nitrogens is 1. The van der Waals surface area contributed by atoms with E-state index in [2.05, 4.69) is 0 Å². The molecule has 1 aromatic heterocycles. The predicted molar refractivity (Wildman–Crippen MR) is 62.3 cm³/mol. The normalized spacial score (nSPS) is 10.8. The number of para-hydroxylation sites is 1. The zero-order valence-corrected chi connectivity index (χ0v) is 9.29.